The molecule has 0 bridgehead atoms. The second kappa shape index (κ2) is 11.3. The highest BCUT2D eigenvalue weighted by Gasteiger charge is 2.52. The van der Waals surface area contributed by atoms with Crippen molar-refractivity contribution in [2.45, 2.75) is 38.9 Å². The monoisotopic (exact) mass is 711 g/mol. The molecule has 0 saturated carbocycles. The van der Waals surface area contributed by atoms with E-state index in [0.717, 1.165) is 70.4 Å². The largest absolute Gasteiger partial charge is 0.495 e. The van der Waals surface area contributed by atoms with E-state index >= 15 is 0 Å². The van der Waals surface area contributed by atoms with E-state index in [-0.39, 0.29) is 28.9 Å². The molecule has 10 heteroatoms. The third-order valence-corrected chi connectivity index (χ3v) is 10.6. The van der Waals surface area contributed by atoms with Crippen LogP contribution in [0.5, 0.6) is 0 Å². The fraction of sp³-hybridized carbons (Fsp3) is 0.154. The first-order chi connectivity index (χ1) is 23.4. The molecule has 8 nitrogen and oxygen atoms in total. The van der Waals surface area contributed by atoms with Crippen LogP contribution in [0.4, 0.5) is 17.1 Å². The average molecular weight is 712 g/mol. The molecule has 0 unspecified atom stereocenters. The molecule has 0 aromatic heterocycles. The van der Waals surface area contributed by atoms with Crippen molar-refractivity contribution in [3.63, 3.8) is 0 Å². The van der Waals surface area contributed by atoms with Crippen molar-refractivity contribution in [3.05, 3.63) is 118 Å². The van der Waals surface area contributed by atoms with Gasteiger partial charge in [0.15, 0.2) is 0 Å². The molecule has 0 atom stereocenters. The van der Waals surface area contributed by atoms with Crippen LogP contribution < -0.4 is 21.4 Å². The Balaban J connectivity index is 0.000000112. The van der Waals surface area contributed by atoms with Gasteiger partial charge in [0.1, 0.15) is 0 Å². The number of halogens is 1. The summed E-state index contributed by atoms with van der Waals surface area (Å²) in [5, 5.41) is 14.8. The minimum atomic E-state index is -0.426. The Kier molecular flexibility index (Phi) is 7.19. The number of anilines is 3. The quantitative estimate of drug-likeness (QED) is 0.149. The molecular formula is C39H31BBrN3O5. The summed E-state index contributed by atoms with van der Waals surface area (Å²) in [5.41, 5.74) is 5.16. The van der Waals surface area contributed by atoms with Crippen LogP contribution in [-0.2, 0) is 9.31 Å². The van der Waals surface area contributed by atoms with Crippen molar-refractivity contribution in [1.82, 2.24) is 0 Å². The first-order valence-corrected chi connectivity index (χ1v) is 16.8. The van der Waals surface area contributed by atoms with Gasteiger partial charge in [-0.2, -0.15) is 0 Å². The lowest BCUT2D eigenvalue weighted by atomic mass is 9.75. The van der Waals surface area contributed by atoms with Gasteiger partial charge in [-0.25, -0.2) is 0 Å². The third kappa shape index (κ3) is 5.01. The van der Waals surface area contributed by atoms with E-state index < -0.39 is 7.12 Å². The molecule has 49 heavy (non-hydrogen) atoms. The maximum absolute atomic E-state index is 12.0. The molecule has 6 aromatic rings. The lowest BCUT2D eigenvalue weighted by Gasteiger charge is -2.32. The Morgan fingerprint density at radius 1 is 0.531 bits per heavy atom. The van der Waals surface area contributed by atoms with E-state index in [0.29, 0.717) is 5.56 Å². The molecule has 4 aliphatic heterocycles. The maximum Gasteiger partial charge on any atom is 0.495 e. The third-order valence-electron chi connectivity index (χ3n) is 9.95. The Morgan fingerprint density at radius 2 is 0.980 bits per heavy atom. The smallest absolute Gasteiger partial charge is 0.399 e. The minimum Gasteiger partial charge on any atom is -0.399 e. The van der Waals surface area contributed by atoms with Gasteiger partial charge in [0.2, 0.25) is 0 Å². The standard InChI is InChI=1S/C17H18BNO3.C11H6BrNO.C11H7NO/c1-16(2)17(3,4)22-18(21-16)12-8-9-13-14-10(12)6-5-7-11(14)15(20)19-13;12-8-4-5-9-10-6(8)2-1-3-7(10)11(14)13-9;13-11-8-5-1-3-7-4-2-6-9(12-11)10(7)8/h5-9H,1-4H3,(H,19,20);1-5H,(H,13,14);1-6H,(H,12,13). The van der Waals surface area contributed by atoms with Gasteiger partial charge in [-0.3, -0.25) is 14.4 Å². The number of hydrogen-bond donors (Lipinski definition) is 3. The topological polar surface area (TPSA) is 106 Å². The zero-order valence-electron chi connectivity index (χ0n) is 27.2. The number of carbonyl (C=O) groups is 3. The van der Waals surface area contributed by atoms with Gasteiger partial charge in [-0.15, -0.1) is 0 Å². The van der Waals surface area contributed by atoms with Crippen LogP contribution in [-0.4, -0.2) is 36.0 Å². The molecule has 3 amide bonds. The minimum absolute atomic E-state index is 0.00630. The summed E-state index contributed by atoms with van der Waals surface area (Å²) in [7, 11) is -0.426. The Hall–Kier alpha value is -5.03. The molecule has 1 fully saturated rings. The van der Waals surface area contributed by atoms with Gasteiger partial charge in [-0.1, -0.05) is 70.5 Å². The van der Waals surface area contributed by atoms with E-state index in [9.17, 15) is 14.4 Å². The van der Waals surface area contributed by atoms with E-state index in [1.54, 1.807) is 0 Å². The van der Waals surface area contributed by atoms with E-state index in [1.165, 1.54) is 0 Å². The Bertz CT molecular complexity index is 2400. The second-order valence-electron chi connectivity index (χ2n) is 13.4. The van der Waals surface area contributed by atoms with Crippen molar-refractivity contribution in [2.75, 3.05) is 16.0 Å². The SMILES string of the molecule is CC1(C)OB(c2ccc3c4c(cccc24)C(=O)N3)OC1(C)C.O=C1Nc2ccc(Br)c3cccc1c23.O=C1Nc2cccc3cccc1c23. The van der Waals surface area contributed by atoms with Gasteiger partial charge in [0.05, 0.1) is 11.2 Å². The average Bonchev–Trinajstić information content (AvgIpc) is 3.77. The number of nitrogens with one attached hydrogen (secondary N) is 3. The highest BCUT2D eigenvalue weighted by molar-refractivity contribution is 9.10. The van der Waals surface area contributed by atoms with Crippen LogP contribution in [0, 0.1) is 0 Å². The maximum atomic E-state index is 12.0. The van der Waals surface area contributed by atoms with Crippen molar-refractivity contribution in [3.8, 4) is 0 Å². The molecule has 3 N–H and O–H groups in total. The number of hydrogen-bond acceptors (Lipinski definition) is 5. The number of rotatable bonds is 1. The fourth-order valence-corrected chi connectivity index (χ4v) is 7.23. The molecule has 242 valence electrons. The highest BCUT2D eigenvalue weighted by atomic mass is 79.9. The van der Waals surface area contributed by atoms with Crippen molar-refractivity contribution >= 4 is 95.6 Å². The van der Waals surface area contributed by atoms with Crippen LogP contribution >= 0.6 is 15.9 Å². The lowest BCUT2D eigenvalue weighted by Crippen LogP contribution is -2.41. The van der Waals surface area contributed by atoms with Gasteiger partial charge < -0.3 is 25.3 Å². The van der Waals surface area contributed by atoms with Crippen LogP contribution in [0.1, 0.15) is 58.8 Å². The number of amides is 3. The predicted octanol–water partition coefficient (Wildman–Crippen LogP) is 8.28. The van der Waals surface area contributed by atoms with Crippen LogP contribution in [0.25, 0.3) is 32.3 Å². The molecule has 4 heterocycles. The molecule has 0 radical (unpaired) electrons. The Labute approximate surface area is 291 Å². The summed E-state index contributed by atoms with van der Waals surface area (Å²) in [5.74, 6) is -0.0535. The Morgan fingerprint density at radius 3 is 1.57 bits per heavy atom. The van der Waals surface area contributed by atoms with Gasteiger partial charge in [-0.05, 0) is 91.8 Å². The summed E-state index contributed by atoms with van der Waals surface area (Å²) in [6.45, 7) is 8.16. The van der Waals surface area contributed by atoms with Gasteiger partial charge in [0.25, 0.3) is 17.7 Å². The van der Waals surface area contributed by atoms with Crippen molar-refractivity contribution in [1.29, 1.82) is 0 Å². The predicted molar refractivity (Wildman–Crippen MR) is 199 cm³/mol. The zero-order valence-corrected chi connectivity index (χ0v) is 28.8. The van der Waals surface area contributed by atoms with Gasteiger partial charge in [0, 0.05) is 54.4 Å². The van der Waals surface area contributed by atoms with E-state index in [2.05, 4.69) is 31.9 Å². The summed E-state index contributed by atoms with van der Waals surface area (Å²) < 4.78 is 13.3. The van der Waals surface area contributed by atoms with E-state index in [1.807, 2.05) is 125 Å². The molecular weight excluding hydrogens is 681 g/mol. The second-order valence-corrected chi connectivity index (χ2v) is 14.3. The number of carbonyl (C=O) groups excluding carboxylic acids is 3. The lowest BCUT2D eigenvalue weighted by molar-refractivity contribution is 0.00578. The zero-order chi connectivity index (χ0) is 34.2. The highest BCUT2D eigenvalue weighted by Crippen LogP contribution is 2.39. The molecule has 0 spiro atoms. The van der Waals surface area contributed by atoms with E-state index in [4.69, 9.17) is 9.31 Å². The van der Waals surface area contributed by atoms with Crippen molar-refractivity contribution < 1.29 is 23.7 Å². The molecule has 0 aliphatic carbocycles. The van der Waals surface area contributed by atoms with Gasteiger partial charge >= 0.3 is 7.12 Å². The summed E-state index contributed by atoms with van der Waals surface area (Å²) in [6.07, 6.45) is 0. The molecule has 6 aromatic carbocycles. The summed E-state index contributed by atoms with van der Waals surface area (Å²) in [4.78, 5) is 35.0. The summed E-state index contributed by atoms with van der Waals surface area (Å²) in [6, 6.07) is 31.0. The number of benzene rings is 6. The molecule has 1 saturated heterocycles. The summed E-state index contributed by atoms with van der Waals surface area (Å²) >= 11 is 3.47. The normalized spacial score (nSPS) is 17.0. The van der Waals surface area contributed by atoms with Crippen LogP contribution in [0.3, 0.4) is 0 Å². The van der Waals surface area contributed by atoms with Crippen LogP contribution in [0.2, 0.25) is 0 Å². The van der Waals surface area contributed by atoms with Crippen molar-refractivity contribution in [2.24, 2.45) is 0 Å². The first kappa shape index (κ1) is 31.3. The van der Waals surface area contributed by atoms with Crippen LogP contribution in [0.15, 0.2) is 102 Å². The molecule has 4 aliphatic rings. The fourth-order valence-electron chi connectivity index (χ4n) is 6.77. The molecule has 10 rings (SSSR count). The first-order valence-electron chi connectivity index (χ1n) is 16.0.